The summed E-state index contributed by atoms with van der Waals surface area (Å²) >= 11 is 0. The maximum atomic E-state index is 12.3. The number of nitro benzene ring substituents is 1. The standard InChI is InChI=1S/C18H12N4O4/c23-18(11-3-6-13(7-4-11)22(24)25)19-12-5-8-14-15(10-12)21-17(20-14)16-2-1-9-26-16/h1-10H,(H,19,23)(H,20,21). The molecule has 0 saturated carbocycles. The van der Waals surface area contributed by atoms with Crippen molar-refractivity contribution >= 4 is 28.3 Å². The number of aromatic amines is 1. The summed E-state index contributed by atoms with van der Waals surface area (Å²) in [4.78, 5) is 30.0. The summed E-state index contributed by atoms with van der Waals surface area (Å²) in [5.41, 5.74) is 2.33. The summed E-state index contributed by atoms with van der Waals surface area (Å²) < 4.78 is 5.32. The average molecular weight is 348 g/mol. The normalized spacial score (nSPS) is 10.8. The predicted molar refractivity (Wildman–Crippen MR) is 94.8 cm³/mol. The number of hydrogen-bond donors (Lipinski definition) is 2. The number of benzene rings is 2. The summed E-state index contributed by atoms with van der Waals surface area (Å²) in [6.07, 6.45) is 1.57. The highest BCUT2D eigenvalue weighted by atomic mass is 16.6. The molecule has 8 heteroatoms. The number of hydrogen-bond acceptors (Lipinski definition) is 5. The Kier molecular flexibility index (Phi) is 3.70. The van der Waals surface area contributed by atoms with Gasteiger partial charge in [0.15, 0.2) is 11.6 Å². The van der Waals surface area contributed by atoms with Gasteiger partial charge in [0, 0.05) is 23.4 Å². The Morgan fingerprint density at radius 1 is 1.15 bits per heavy atom. The third-order valence-electron chi connectivity index (χ3n) is 3.83. The van der Waals surface area contributed by atoms with Gasteiger partial charge in [-0.05, 0) is 42.5 Å². The minimum Gasteiger partial charge on any atom is -0.461 e. The van der Waals surface area contributed by atoms with Crippen LogP contribution in [0.4, 0.5) is 11.4 Å². The van der Waals surface area contributed by atoms with Gasteiger partial charge in [0.2, 0.25) is 0 Å². The molecule has 4 aromatic rings. The Labute approximate surface area is 146 Å². The predicted octanol–water partition coefficient (Wildman–Crippen LogP) is 3.98. The number of rotatable bonds is 4. The van der Waals surface area contributed by atoms with Crippen molar-refractivity contribution < 1.29 is 14.1 Å². The molecule has 26 heavy (non-hydrogen) atoms. The molecular weight excluding hydrogens is 336 g/mol. The first-order valence-electron chi connectivity index (χ1n) is 7.69. The zero-order valence-corrected chi connectivity index (χ0v) is 13.3. The number of furan rings is 1. The van der Waals surface area contributed by atoms with Gasteiger partial charge in [0.05, 0.1) is 22.2 Å². The average Bonchev–Trinajstić information content (AvgIpc) is 3.30. The molecule has 1 amide bonds. The smallest absolute Gasteiger partial charge is 0.269 e. The second-order valence-corrected chi connectivity index (χ2v) is 5.55. The lowest BCUT2D eigenvalue weighted by Crippen LogP contribution is -2.11. The first kappa shape index (κ1) is 15.6. The van der Waals surface area contributed by atoms with E-state index in [-0.39, 0.29) is 11.6 Å². The van der Waals surface area contributed by atoms with Crippen LogP contribution >= 0.6 is 0 Å². The number of fused-ring (bicyclic) bond motifs is 1. The monoisotopic (exact) mass is 348 g/mol. The number of carbonyl (C=O) groups excluding carboxylic acids is 1. The maximum absolute atomic E-state index is 12.3. The molecule has 0 fully saturated rings. The molecule has 4 rings (SSSR count). The minimum absolute atomic E-state index is 0.0640. The molecule has 2 N–H and O–H groups in total. The van der Waals surface area contributed by atoms with E-state index in [1.807, 2.05) is 0 Å². The van der Waals surface area contributed by atoms with Gasteiger partial charge in [-0.25, -0.2) is 4.98 Å². The van der Waals surface area contributed by atoms with Crippen molar-refractivity contribution in [3.63, 3.8) is 0 Å². The number of anilines is 1. The van der Waals surface area contributed by atoms with Crippen LogP contribution in [-0.2, 0) is 0 Å². The summed E-state index contributed by atoms with van der Waals surface area (Å²) in [6.45, 7) is 0. The van der Waals surface area contributed by atoms with E-state index in [1.54, 1.807) is 36.6 Å². The van der Waals surface area contributed by atoms with Crippen molar-refractivity contribution in [3.05, 3.63) is 76.5 Å². The summed E-state index contributed by atoms with van der Waals surface area (Å²) in [5, 5.41) is 13.4. The van der Waals surface area contributed by atoms with Gasteiger partial charge in [0.1, 0.15) is 0 Å². The largest absolute Gasteiger partial charge is 0.461 e. The highest BCUT2D eigenvalue weighted by molar-refractivity contribution is 6.05. The lowest BCUT2D eigenvalue weighted by molar-refractivity contribution is -0.384. The van der Waals surface area contributed by atoms with E-state index in [9.17, 15) is 14.9 Å². The molecule has 0 saturated heterocycles. The zero-order valence-electron chi connectivity index (χ0n) is 13.3. The van der Waals surface area contributed by atoms with Gasteiger partial charge in [-0.2, -0.15) is 0 Å². The molecule has 8 nitrogen and oxygen atoms in total. The lowest BCUT2D eigenvalue weighted by Gasteiger charge is -2.05. The third-order valence-corrected chi connectivity index (χ3v) is 3.83. The van der Waals surface area contributed by atoms with E-state index in [4.69, 9.17) is 4.42 Å². The Hall–Kier alpha value is -3.94. The molecule has 0 aliphatic rings. The van der Waals surface area contributed by atoms with Crippen molar-refractivity contribution in [2.75, 3.05) is 5.32 Å². The van der Waals surface area contributed by atoms with Crippen molar-refractivity contribution in [1.82, 2.24) is 9.97 Å². The number of amides is 1. The maximum Gasteiger partial charge on any atom is 0.269 e. The number of H-pyrrole nitrogens is 1. The molecule has 2 heterocycles. The van der Waals surface area contributed by atoms with Crippen LogP contribution in [0.3, 0.4) is 0 Å². The Morgan fingerprint density at radius 2 is 1.96 bits per heavy atom. The van der Waals surface area contributed by atoms with E-state index >= 15 is 0 Å². The Bertz CT molecular complexity index is 1100. The lowest BCUT2D eigenvalue weighted by atomic mass is 10.2. The van der Waals surface area contributed by atoms with E-state index in [1.165, 1.54) is 24.3 Å². The van der Waals surface area contributed by atoms with Crippen LogP contribution in [0.15, 0.2) is 65.3 Å². The molecule has 0 spiro atoms. The fourth-order valence-corrected chi connectivity index (χ4v) is 2.56. The number of nitro groups is 1. The highest BCUT2D eigenvalue weighted by Crippen LogP contribution is 2.23. The topological polar surface area (TPSA) is 114 Å². The quantitative estimate of drug-likeness (QED) is 0.427. The molecule has 0 unspecified atom stereocenters. The van der Waals surface area contributed by atoms with Gasteiger partial charge >= 0.3 is 0 Å². The second-order valence-electron chi connectivity index (χ2n) is 5.55. The second kappa shape index (κ2) is 6.17. The number of imidazole rings is 1. The van der Waals surface area contributed by atoms with Crippen LogP contribution in [0.2, 0.25) is 0 Å². The van der Waals surface area contributed by atoms with Crippen molar-refractivity contribution in [2.24, 2.45) is 0 Å². The van der Waals surface area contributed by atoms with E-state index < -0.39 is 4.92 Å². The third kappa shape index (κ3) is 2.91. The van der Waals surface area contributed by atoms with Gasteiger partial charge in [0.25, 0.3) is 11.6 Å². The van der Waals surface area contributed by atoms with Gasteiger partial charge in [-0.15, -0.1) is 0 Å². The molecule has 0 bridgehead atoms. The van der Waals surface area contributed by atoms with Crippen LogP contribution in [0.25, 0.3) is 22.6 Å². The van der Waals surface area contributed by atoms with E-state index in [2.05, 4.69) is 15.3 Å². The van der Waals surface area contributed by atoms with Crippen LogP contribution in [-0.4, -0.2) is 20.8 Å². The molecular formula is C18H12N4O4. The molecule has 0 aliphatic heterocycles. The number of non-ortho nitro benzene ring substituents is 1. The number of nitrogens with zero attached hydrogens (tertiary/aromatic N) is 2. The summed E-state index contributed by atoms with van der Waals surface area (Å²) in [7, 11) is 0. The number of aromatic nitrogens is 2. The minimum atomic E-state index is -0.509. The number of nitrogens with one attached hydrogen (secondary N) is 2. The SMILES string of the molecule is O=C(Nc1ccc2nc(-c3ccco3)[nH]c2c1)c1ccc([N+](=O)[O-])cc1. The molecule has 0 radical (unpaired) electrons. The zero-order chi connectivity index (χ0) is 18.1. The molecule has 2 aromatic heterocycles. The van der Waals surface area contributed by atoms with Crippen LogP contribution < -0.4 is 5.32 Å². The molecule has 0 atom stereocenters. The summed E-state index contributed by atoms with van der Waals surface area (Å²) in [5.74, 6) is 0.867. The Morgan fingerprint density at radius 3 is 2.65 bits per heavy atom. The molecule has 128 valence electrons. The summed E-state index contributed by atoms with van der Waals surface area (Å²) in [6, 6.07) is 14.3. The van der Waals surface area contributed by atoms with Crippen LogP contribution in [0, 0.1) is 10.1 Å². The fraction of sp³-hybridized carbons (Fsp3) is 0. The Balaban J connectivity index is 1.56. The molecule has 2 aromatic carbocycles. The first-order valence-corrected chi connectivity index (χ1v) is 7.69. The van der Waals surface area contributed by atoms with Crippen LogP contribution in [0.5, 0.6) is 0 Å². The van der Waals surface area contributed by atoms with Gasteiger partial charge < -0.3 is 14.7 Å². The molecule has 0 aliphatic carbocycles. The van der Waals surface area contributed by atoms with Gasteiger partial charge in [-0.1, -0.05) is 0 Å². The first-order chi connectivity index (χ1) is 12.6. The van der Waals surface area contributed by atoms with Crippen molar-refractivity contribution in [3.8, 4) is 11.6 Å². The van der Waals surface area contributed by atoms with E-state index in [0.717, 1.165) is 11.0 Å². The van der Waals surface area contributed by atoms with Crippen LogP contribution in [0.1, 0.15) is 10.4 Å². The van der Waals surface area contributed by atoms with E-state index in [0.29, 0.717) is 22.8 Å². The number of carbonyl (C=O) groups is 1. The van der Waals surface area contributed by atoms with Crippen molar-refractivity contribution in [1.29, 1.82) is 0 Å². The van der Waals surface area contributed by atoms with Crippen molar-refractivity contribution in [2.45, 2.75) is 0 Å². The van der Waals surface area contributed by atoms with Gasteiger partial charge in [-0.3, -0.25) is 14.9 Å². The highest BCUT2D eigenvalue weighted by Gasteiger charge is 2.12. The fourth-order valence-electron chi connectivity index (χ4n) is 2.56.